The van der Waals surface area contributed by atoms with Crippen LogP contribution in [0.25, 0.3) is 0 Å². The smallest absolute Gasteiger partial charge is 0.142 e. The van der Waals surface area contributed by atoms with Gasteiger partial charge < -0.3 is 0 Å². The van der Waals surface area contributed by atoms with Gasteiger partial charge in [0.1, 0.15) is 0 Å². The number of hydrogen-bond acceptors (Lipinski definition) is 3. The van der Waals surface area contributed by atoms with Crippen molar-refractivity contribution in [1.29, 1.82) is 0 Å². The first-order chi connectivity index (χ1) is 1.73. The van der Waals surface area contributed by atoms with Crippen LogP contribution in [-0.2, 0) is 10.6 Å². The molecule has 0 saturated heterocycles. The molecule has 0 saturated carbocycles. The number of hydrogen-bond donors (Lipinski definition) is 0. The van der Waals surface area contributed by atoms with Gasteiger partial charge in [-0.2, -0.15) is 0 Å². The SMILES string of the molecule is O=S(=O)=O.[Se]. The van der Waals surface area contributed by atoms with Crippen LogP contribution in [0.1, 0.15) is 0 Å². The molecule has 2 radical (unpaired) electrons. The maximum Gasteiger partial charge on any atom is 0.425 e. The van der Waals surface area contributed by atoms with Crippen LogP contribution in [0.2, 0.25) is 0 Å². The molecule has 5 heavy (non-hydrogen) atoms. The molecule has 0 spiro atoms. The standard InChI is InChI=1S/O3S.Se/c1-4(2)3;. The predicted molar refractivity (Wildman–Crippen MR) is 15.5 cm³/mol. The van der Waals surface area contributed by atoms with Crippen molar-refractivity contribution in [2.45, 2.75) is 0 Å². The minimum Gasteiger partial charge on any atom is -0.142 e. The molecule has 0 aromatic rings. The quantitative estimate of drug-likeness (QED) is 0.409. The molecular weight excluding hydrogens is 159 g/mol. The van der Waals surface area contributed by atoms with Gasteiger partial charge in [-0.25, -0.2) is 0 Å². The molecule has 3 nitrogen and oxygen atoms in total. The third-order valence-corrected chi connectivity index (χ3v) is 0. The molecule has 0 fully saturated rings. The van der Waals surface area contributed by atoms with Crippen molar-refractivity contribution in [3.05, 3.63) is 0 Å². The second-order valence-electron chi connectivity index (χ2n) is 0.204. The fourth-order valence-electron chi connectivity index (χ4n) is 0. The van der Waals surface area contributed by atoms with Gasteiger partial charge in [-0.1, -0.05) is 0 Å². The monoisotopic (exact) mass is 160 g/mol. The van der Waals surface area contributed by atoms with Gasteiger partial charge in [0.25, 0.3) is 0 Å². The van der Waals surface area contributed by atoms with Crippen molar-refractivity contribution in [3.63, 3.8) is 0 Å². The zero-order valence-corrected chi connectivity index (χ0v) is 4.57. The summed E-state index contributed by atoms with van der Waals surface area (Å²) >= 11 is 0. The van der Waals surface area contributed by atoms with E-state index in [2.05, 4.69) is 0 Å². The van der Waals surface area contributed by atoms with Crippen LogP contribution in [0, 0.1) is 0 Å². The molecule has 0 atom stereocenters. The van der Waals surface area contributed by atoms with Gasteiger partial charge in [-0.15, -0.1) is 12.6 Å². The molecule has 5 heteroatoms. The zero-order valence-electron chi connectivity index (χ0n) is 2.04. The van der Waals surface area contributed by atoms with E-state index in [9.17, 15) is 0 Å². The Morgan fingerprint density at radius 3 is 1.00 bits per heavy atom. The van der Waals surface area contributed by atoms with Gasteiger partial charge in [-0.3, -0.25) is 0 Å². The van der Waals surface area contributed by atoms with E-state index >= 15 is 0 Å². The van der Waals surface area contributed by atoms with Crippen LogP contribution < -0.4 is 0 Å². The molecule has 30 valence electrons. The Hall–Kier alpha value is 0.139. The van der Waals surface area contributed by atoms with Crippen LogP contribution in [0.5, 0.6) is 0 Å². The topological polar surface area (TPSA) is 51.2 Å². The minimum absolute atomic E-state index is 0. The van der Waals surface area contributed by atoms with Crippen molar-refractivity contribution < 1.29 is 12.6 Å². The van der Waals surface area contributed by atoms with E-state index in [1.165, 1.54) is 0 Å². The average Bonchev–Trinajstić information content (AvgIpc) is 0.811. The molecule has 0 aliphatic rings. The second kappa shape index (κ2) is 4.14. The molecule has 0 unspecified atom stereocenters. The van der Waals surface area contributed by atoms with Crippen molar-refractivity contribution in [3.8, 4) is 0 Å². The largest absolute Gasteiger partial charge is 0.425 e. The number of rotatable bonds is 0. The van der Waals surface area contributed by atoms with Gasteiger partial charge in [0, 0.05) is 17.1 Å². The Morgan fingerprint density at radius 1 is 1.00 bits per heavy atom. The molecule has 0 N–H and O–H groups in total. The molecular formula is O3SSe. The van der Waals surface area contributed by atoms with Gasteiger partial charge >= 0.3 is 10.6 Å². The summed E-state index contributed by atoms with van der Waals surface area (Å²) in [6.45, 7) is 0. The van der Waals surface area contributed by atoms with Crippen molar-refractivity contribution in [1.82, 2.24) is 0 Å². The Bertz CT molecular complexity index is 76.3. The molecule has 0 aliphatic heterocycles. The summed E-state index contributed by atoms with van der Waals surface area (Å²) in [7, 11) is -3.11. The van der Waals surface area contributed by atoms with Gasteiger partial charge in [0.15, 0.2) is 0 Å². The van der Waals surface area contributed by atoms with E-state index in [4.69, 9.17) is 12.6 Å². The summed E-state index contributed by atoms with van der Waals surface area (Å²) in [5.41, 5.74) is 0. The van der Waals surface area contributed by atoms with E-state index in [1.54, 1.807) is 0 Å². The Balaban J connectivity index is 0. The normalized spacial score (nSPS) is 4.80. The van der Waals surface area contributed by atoms with Gasteiger partial charge in [-0.05, 0) is 0 Å². The molecule has 0 aliphatic carbocycles. The van der Waals surface area contributed by atoms with E-state index in [1.807, 2.05) is 0 Å². The third-order valence-electron chi connectivity index (χ3n) is 0. The minimum atomic E-state index is -3.11. The summed E-state index contributed by atoms with van der Waals surface area (Å²) in [5.74, 6) is 0. The molecule has 0 heterocycles. The Kier molecular flexibility index (Phi) is 7.40. The van der Waals surface area contributed by atoms with Crippen molar-refractivity contribution >= 4 is 27.7 Å². The van der Waals surface area contributed by atoms with Crippen LogP contribution in [-0.4, -0.2) is 29.7 Å². The predicted octanol–water partition coefficient (Wildman–Crippen LogP) is -1.38. The summed E-state index contributed by atoms with van der Waals surface area (Å²) in [5, 5.41) is 0. The van der Waals surface area contributed by atoms with Crippen LogP contribution >= 0.6 is 0 Å². The Morgan fingerprint density at radius 2 is 1.00 bits per heavy atom. The molecule has 0 aromatic carbocycles. The first kappa shape index (κ1) is 8.94. The summed E-state index contributed by atoms with van der Waals surface area (Å²) in [6.07, 6.45) is 0. The van der Waals surface area contributed by atoms with Crippen molar-refractivity contribution in [2.24, 2.45) is 0 Å². The summed E-state index contributed by atoms with van der Waals surface area (Å²) < 4.78 is 25.3. The van der Waals surface area contributed by atoms with Gasteiger partial charge in [0.2, 0.25) is 0 Å². The third kappa shape index (κ3) is 974. The maximum absolute atomic E-state index is 8.44. The van der Waals surface area contributed by atoms with Crippen molar-refractivity contribution in [2.75, 3.05) is 0 Å². The molecule has 0 rings (SSSR count). The van der Waals surface area contributed by atoms with Gasteiger partial charge in [0.05, 0.1) is 0 Å². The van der Waals surface area contributed by atoms with Crippen LogP contribution in [0.3, 0.4) is 0 Å². The van der Waals surface area contributed by atoms with E-state index in [0.717, 1.165) is 0 Å². The molecule has 0 amide bonds. The van der Waals surface area contributed by atoms with Crippen LogP contribution in [0.4, 0.5) is 0 Å². The molecule has 0 aromatic heterocycles. The fourth-order valence-corrected chi connectivity index (χ4v) is 0. The first-order valence-electron chi connectivity index (χ1n) is 0.500. The van der Waals surface area contributed by atoms with Crippen LogP contribution in [0.15, 0.2) is 0 Å². The van der Waals surface area contributed by atoms with E-state index in [-0.39, 0.29) is 17.1 Å². The first-order valence-corrected chi connectivity index (χ1v) is 1.50. The average molecular weight is 159 g/mol. The summed E-state index contributed by atoms with van der Waals surface area (Å²) in [4.78, 5) is 0. The zero-order chi connectivity index (χ0) is 3.58. The maximum atomic E-state index is 8.44. The fraction of sp³-hybridized carbons (Fsp3) is 0. The van der Waals surface area contributed by atoms with E-state index < -0.39 is 10.6 Å². The Labute approximate surface area is 40.9 Å². The second-order valence-corrected chi connectivity index (χ2v) is 0.612. The summed E-state index contributed by atoms with van der Waals surface area (Å²) in [6, 6.07) is 0. The molecule has 0 bridgehead atoms. The van der Waals surface area contributed by atoms with E-state index in [0.29, 0.717) is 0 Å².